The van der Waals surface area contributed by atoms with Crippen molar-refractivity contribution < 1.29 is 55.1 Å². The number of aliphatic hydroxyl groups is 8. The van der Waals surface area contributed by atoms with Crippen molar-refractivity contribution in [1.82, 2.24) is 0 Å². The topological polar surface area (TPSA) is 190 Å². The molecule has 0 amide bonds. The zero-order valence-corrected chi connectivity index (χ0v) is 12.0. The van der Waals surface area contributed by atoms with Gasteiger partial charge < -0.3 is 55.1 Å². The predicted molar refractivity (Wildman–Crippen MR) is 68.6 cm³/mol. The van der Waals surface area contributed by atoms with Crippen LogP contribution in [0.2, 0.25) is 0 Å². The fourth-order valence-corrected chi connectivity index (χ4v) is 2.57. The maximum Gasteiger partial charge on any atom is 0.187 e. The van der Waals surface area contributed by atoms with E-state index in [9.17, 15) is 35.7 Å². The minimum atomic E-state index is -1.74. The van der Waals surface area contributed by atoms with Crippen molar-refractivity contribution in [3.05, 3.63) is 0 Å². The standard InChI is InChI=1S/C12H22O11/c13-1-3-5(15)6(16)9(19)12(22-3)23-10-4(2-14)21-11(20)8(18)7(10)17/h3-20H,1-2H2/t3?,4?,5?,6?,7?,8?,9?,10-,11+,12?/m0/s1. The van der Waals surface area contributed by atoms with Crippen molar-refractivity contribution in [1.29, 1.82) is 0 Å². The fourth-order valence-electron chi connectivity index (χ4n) is 2.57. The number of aliphatic hydroxyl groups excluding tert-OH is 8. The van der Waals surface area contributed by atoms with Gasteiger partial charge in [0.15, 0.2) is 12.6 Å². The normalized spacial score (nSPS) is 51.7. The molecule has 0 radical (unpaired) electrons. The fraction of sp³-hybridized carbons (Fsp3) is 1.00. The number of rotatable bonds is 4. The molecule has 0 aliphatic carbocycles. The molecule has 8 N–H and O–H groups in total. The highest BCUT2D eigenvalue weighted by Crippen LogP contribution is 2.28. The van der Waals surface area contributed by atoms with Gasteiger partial charge in [-0.25, -0.2) is 0 Å². The van der Waals surface area contributed by atoms with Crippen molar-refractivity contribution in [3.8, 4) is 0 Å². The van der Waals surface area contributed by atoms with Crippen LogP contribution in [0, 0.1) is 0 Å². The average molecular weight is 342 g/mol. The number of hydrogen-bond acceptors (Lipinski definition) is 11. The summed E-state index contributed by atoms with van der Waals surface area (Å²) in [7, 11) is 0. The lowest BCUT2D eigenvalue weighted by Gasteiger charge is -2.45. The first-order chi connectivity index (χ1) is 10.8. The molecule has 23 heavy (non-hydrogen) atoms. The SMILES string of the molecule is OCC1OC(O[C@H]2C(CO)O[C@@H](O)C(O)C2O)C(O)C(O)C1O. The summed E-state index contributed by atoms with van der Waals surface area (Å²) < 4.78 is 15.3. The molecule has 0 bridgehead atoms. The van der Waals surface area contributed by atoms with Gasteiger partial charge in [-0.15, -0.1) is 0 Å². The summed E-state index contributed by atoms with van der Waals surface area (Å²) in [6.07, 6.45) is -15.6. The van der Waals surface area contributed by atoms with Gasteiger partial charge in [-0.3, -0.25) is 0 Å². The molecular weight excluding hydrogens is 320 g/mol. The molecule has 2 fully saturated rings. The summed E-state index contributed by atoms with van der Waals surface area (Å²) in [5.41, 5.74) is 0. The van der Waals surface area contributed by atoms with E-state index in [1.54, 1.807) is 0 Å². The van der Waals surface area contributed by atoms with Crippen LogP contribution in [-0.4, -0.2) is 115 Å². The minimum absolute atomic E-state index is 0.667. The summed E-state index contributed by atoms with van der Waals surface area (Å²) in [5.74, 6) is 0. The molecule has 8 unspecified atom stereocenters. The van der Waals surface area contributed by atoms with Crippen LogP contribution in [0.1, 0.15) is 0 Å². The second-order valence-corrected chi connectivity index (χ2v) is 5.53. The average Bonchev–Trinajstić information content (AvgIpc) is 2.55. The monoisotopic (exact) mass is 342 g/mol. The molecule has 2 saturated heterocycles. The maximum atomic E-state index is 9.94. The smallest absolute Gasteiger partial charge is 0.187 e. The maximum absolute atomic E-state index is 9.94. The highest BCUT2D eigenvalue weighted by Gasteiger charge is 2.50. The van der Waals surface area contributed by atoms with Crippen molar-refractivity contribution in [2.24, 2.45) is 0 Å². The zero-order chi connectivity index (χ0) is 17.3. The van der Waals surface area contributed by atoms with Crippen LogP contribution in [0.15, 0.2) is 0 Å². The third-order valence-electron chi connectivity index (χ3n) is 3.98. The zero-order valence-electron chi connectivity index (χ0n) is 12.0. The molecule has 10 atom stereocenters. The van der Waals surface area contributed by atoms with Crippen molar-refractivity contribution in [3.63, 3.8) is 0 Å². The second-order valence-electron chi connectivity index (χ2n) is 5.53. The van der Waals surface area contributed by atoms with Crippen LogP contribution in [0.25, 0.3) is 0 Å². The summed E-state index contributed by atoms with van der Waals surface area (Å²) in [4.78, 5) is 0. The second kappa shape index (κ2) is 7.63. The molecule has 0 aromatic carbocycles. The molecule has 0 aromatic heterocycles. The van der Waals surface area contributed by atoms with Gasteiger partial charge in [0.2, 0.25) is 0 Å². The first-order valence-electron chi connectivity index (χ1n) is 7.08. The molecule has 11 heteroatoms. The summed E-state index contributed by atoms with van der Waals surface area (Å²) in [6, 6.07) is 0. The van der Waals surface area contributed by atoms with Gasteiger partial charge >= 0.3 is 0 Å². The van der Waals surface area contributed by atoms with E-state index in [2.05, 4.69) is 0 Å². The number of ether oxygens (including phenoxy) is 3. The summed E-state index contributed by atoms with van der Waals surface area (Å²) in [5, 5.41) is 76.5. The molecule has 0 spiro atoms. The van der Waals surface area contributed by atoms with Gasteiger partial charge in [0.25, 0.3) is 0 Å². The van der Waals surface area contributed by atoms with Gasteiger partial charge in [0, 0.05) is 0 Å². The van der Waals surface area contributed by atoms with Crippen LogP contribution in [0.3, 0.4) is 0 Å². The predicted octanol–water partition coefficient (Wildman–Crippen LogP) is -5.40. The van der Waals surface area contributed by atoms with E-state index < -0.39 is 74.6 Å². The van der Waals surface area contributed by atoms with E-state index in [-0.39, 0.29) is 0 Å². The van der Waals surface area contributed by atoms with Gasteiger partial charge in [-0.1, -0.05) is 0 Å². The third-order valence-corrected chi connectivity index (χ3v) is 3.98. The molecule has 0 saturated carbocycles. The lowest BCUT2D eigenvalue weighted by Crippen LogP contribution is -2.64. The summed E-state index contributed by atoms with van der Waals surface area (Å²) in [6.45, 7) is -1.35. The molecule has 2 aliphatic heterocycles. The summed E-state index contributed by atoms with van der Waals surface area (Å²) >= 11 is 0. The Morgan fingerprint density at radius 2 is 1.26 bits per heavy atom. The first-order valence-corrected chi connectivity index (χ1v) is 7.08. The van der Waals surface area contributed by atoms with Crippen molar-refractivity contribution in [2.45, 2.75) is 61.4 Å². The third kappa shape index (κ3) is 3.65. The van der Waals surface area contributed by atoms with Crippen LogP contribution < -0.4 is 0 Å². The quantitative estimate of drug-likeness (QED) is 0.243. The Bertz CT molecular complexity index is 378. The minimum Gasteiger partial charge on any atom is -0.394 e. The van der Waals surface area contributed by atoms with Crippen LogP contribution in [0.4, 0.5) is 0 Å². The lowest BCUT2D eigenvalue weighted by atomic mass is 9.97. The Morgan fingerprint density at radius 3 is 1.83 bits per heavy atom. The molecule has 0 aromatic rings. The van der Waals surface area contributed by atoms with Gasteiger partial charge in [0.1, 0.15) is 48.8 Å². The molecule has 2 rings (SSSR count). The van der Waals surface area contributed by atoms with Crippen molar-refractivity contribution >= 4 is 0 Å². The Balaban J connectivity index is 2.11. The Kier molecular flexibility index (Phi) is 6.27. The lowest BCUT2D eigenvalue weighted by molar-refractivity contribution is -0.355. The largest absolute Gasteiger partial charge is 0.394 e. The first kappa shape index (κ1) is 18.9. The molecular formula is C12H22O11. The van der Waals surface area contributed by atoms with E-state index in [4.69, 9.17) is 19.3 Å². The van der Waals surface area contributed by atoms with Gasteiger partial charge in [-0.2, -0.15) is 0 Å². The van der Waals surface area contributed by atoms with Gasteiger partial charge in [0.05, 0.1) is 13.2 Å². The van der Waals surface area contributed by atoms with E-state index in [1.807, 2.05) is 0 Å². The van der Waals surface area contributed by atoms with Crippen LogP contribution in [-0.2, 0) is 14.2 Å². The molecule has 11 nitrogen and oxygen atoms in total. The van der Waals surface area contributed by atoms with E-state index in [0.717, 1.165) is 0 Å². The Morgan fingerprint density at radius 1 is 0.652 bits per heavy atom. The van der Waals surface area contributed by atoms with E-state index in [1.165, 1.54) is 0 Å². The van der Waals surface area contributed by atoms with Crippen LogP contribution >= 0.6 is 0 Å². The highest BCUT2D eigenvalue weighted by atomic mass is 16.7. The van der Waals surface area contributed by atoms with Crippen molar-refractivity contribution in [2.75, 3.05) is 13.2 Å². The van der Waals surface area contributed by atoms with Gasteiger partial charge in [-0.05, 0) is 0 Å². The molecule has 2 aliphatic rings. The Hall–Kier alpha value is -0.440. The van der Waals surface area contributed by atoms with E-state index >= 15 is 0 Å². The highest BCUT2D eigenvalue weighted by molar-refractivity contribution is 4.93. The Labute approximate surface area is 130 Å². The van der Waals surface area contributed by atoms with Crippen LogP contribution in [0.5, 0.6) is 0 Å². The van der Waals surface area contributed by atoms with E-state index in [0.29, 0.717) is 0 Å². The molecule has 136 valence electrons. The molecule has 2 heterocycles. The number of hydrogen-bond donors (Lipinski definition) is 8.